The molecule has 0 radical (unpaired) electrons. The summed E-state index contributed by atoms with van der Waals surface area (Å²) in [6, 6.07) is 6.91. The van der Waals surface area contributed by atoms with Gasteiger partial charge in [-0.05, 0) is 49.5 Å². The summed E-state index contributed by atoms with van der Waals surface area (Å²) in [7, 11) is 0. The van der Waals surface area contributed by atoms with Crippen LogP contribution in [0.15, 0.2) is 18.2 Å². The molecule has 16 heavy (non-hydrogen) atoms. The van der Waals surface area contributed by atoms with Crippen molar-refractivity contribution in [2.24, 2.45) is 0 Å². The van der Waals surface area contributed by atoms with Gasteiger partial charge in [0, 0.05) is 6.54 Å². The predicted octanol–water partition coefficient (Wildman–Crippen LogP) is 3.44. The zero-order valence-corrected chi connectivity index (χ0v) is 11.2. The van der Waals surface area contributed by atoms with Gasteiger partial charge in [-0.15, -0.1) is 0 Å². The second kappa shape index (κ2) is 6.70. The number of hydrogen-bond donors (Lipinski definition) is 0. The topological polar surface area (TPSA) is 3.24 Å². The fourth-order valence-electron chi connectivity index (χ4n) is 2.09. The van der Waals surface area contributed by atoms with Crippen LogP contribution in [-0.4, -0.2) is 24.5 Å². The van der Waals surface area contributed by atoms with E-state index in [1.165, 1.54) is 29.7 Å². The Morgan fingerprint density at radius 1 is 1.06 bits per heavy atom. The van der Waals surface area contributed by atoms with Gasteiger partial charge in [-0.3, -0.25) is 0 Å². The summed E-state index contributed by atoms with van der Waals surface area (Å²) in [6.07, 6.45) is 2.32. The summed E-state index contributed by atoms with van der Waals surface area (Å²) in [5.74, 6) is 0. The summed E-state index contributed by atoms with van der Waals surface area (Å²) in [6.45, 7) is 12.4. The lowest BCUT2D eigenvalue weighted by Gasteiger charge is -2.18. The van der Waals surface area contributed by atoms with Gasteiger partial charge in [0.25, 0.3) is 0 Å². The molecule has 0 saturated heterocycles. The van der Waals surface area contributed by atoms with Crippen molar-refractivity contribution in [2.45, 2.75) is 40.5 Å². The van der Waals surface area contributed by atoms with Gasteiger partial charge in [0.2, 0.25) is 0 Å². The van der Waals surface area contributed by atoms with Crippen molar-refractivity contribution in [3.05, 3.63) is 34.9 Å². The van der Waals surface area contributed by atoms with Crippen molar-refractivity contribution in [3.8, 4) is 0 Å². The highest BCUT2D eigenvalue weighted by atomic mass is 15.1. The number of nitrogens with zero attached hydrogens (tertiary/aromatic N) is 1. The van der Waals surface area contributed by atoms with Gasteiger partial charge in [0.05, 0.1) is 0 Å². The molecule has 0 unspecified atom stereocenters. The van der Waals surface area contributed by atoms with Crippen LogP contribution < -0.4 is 0 Å². The summed E-state index contributed by atoms with van der Waals surface area (Å²) < 4.78 is 0. The molecule has 0 spiro atoms. The Balaban J connectivity index is 2.60. The number of benzene rings is 1. The first-order valence-corrected chi connectivity index (χ1v) is 6.52. The fraction of sp³-hybridized carbons (Fsp3) is 0.600. The van der Waals surface area contributed by atoms with E-state index in [4.69, 9.17) is 0 Å². The molecule has 1 heteroatoms. The molecule has 0 aromatic heterocycles. The van der Waals surface area contributed by atoms with E-state index in [1.807, 2.05) is 0 Å². The highest BCUT2D eigenvalue weighted by molar-refractivity contribution is 5.31. The lowest BCUT2D eigenvalue weighted by Crippen LogP contribution is -2.25. The fourth-order valence-corrected chi connectivity index (χ4v) is 2.09. The van der Waals surface area contributed by atoms with Crippen LogP contribution >= 0.6 is 0 Å². The number of aryl methyl sites for hydroxylation is 2. The molecule has 0 fully saturated rings. The minimum absolute atomic E-state index is 1.14. The van der Waals surface area contributed by atoms with E-state index in [9.17, 15) is 0 Å². The maximum atomic E-state index is 2.48. The van der Waals surface area contributed by atoms with Gasteiger partial charge >= 0.3 is 0 Å². The van der Waals surface area contributed by atoms with Gasteiger partial charge < -0.3 is 4.90 Å². The molecule has 1 aromatic carbocycles. The van der Waals surface area contributed by atoms with E-state index in [0.29, 0.717) is 0 Å². The average Bonchev–Trinajstić information content (AvgIpc) is 2.32. The number of hydrogen-bond acceptors (Lipinski definition) is 1. The highest BCUT2D eigenvalue weighted by Crippen LogP contribution is 2.12. The molecule has 0 N–H and O–H groups in total. The first kappa shape index (κ1) is 13.2. The molecule has 90 valence electrons. The first-order chi connectivity index (χ1) is 7.71. The summed E-state index contributed by atoms with van der Waals surface area (Å²) in [5, 5.41) is 0. The smallest absolute Gasteiger partial charge is 0.00216 e. The van der Waals surface area contributed by atoms with Crippen LogP contribution in [0.4, 0.5) is 0 Å². The molecule has 0 atom stereocenters. The Hall–Kier alpha value is -0.820. The average molecular weight is 219 g/mol. The minimum atomic E-state index is 1.14. The largest absolute Gasteiger partial charge is 0.304 e. The van der Waals surface area contributed by atoms with Crippen molar-refractivity contribution in [1.29, 1.82) is 0 Å². The maximum Gasteiger partial charge on any atom is 0.00216 e. The second-order valence-electron chi connectivity index (χ2n) is 4.39. The lowest BCUT2D eigenvalue weighted by atomic mass is 10.0. The first-order valence-electron chi connectivity index (χ1n) is 6.52. The van der Waals surface area contributed by atoms with Crippen molar-refractivity contribution >= 4 is 0 Å². The van der Waals surface area contributed by atoms with E-state index in [2.05, 4.69) is 50.8 Å². The highest BCUT2D eigenvalue weighted by Gasteiger charge is 2.02. The number of likely N-dealkylation sites (N-methyl/N-ethyl adjacent to an activating group) is 1. The molecule has 0 saturated carbocycles. The van der Waals surface area contributed by atoms with E-state index >= 15 is 0 Å². The monoisotopic (exact) mass is 219 g/mol. The zero-order valence-electron chi connectivity index (χ0n) is 11.2. The molecule has 1 aromatic rings. The van der Waals surface area contributed by atoms with Crippen LogP contribution in [0, 0.1) is 6.92 Å². The van der Waals surface area contributed by atoms with Crippen LogP contribution in [0.2, 0.25) is 0 Å². The minimum Gasteiger partial charge on any atom is -0.304 e. The molecular weight excluding hydrogens is 194 g/mol. The Kier molecular flexibility index (Phi) is 5.54. The van der Waals surface area contributed by atoms with Crippen molar-refractivity contribution in [2.75, 3.05) is 19.6 Å². The van der Waals surface area contributed by atoms with Crippen LogP contribution in [-0.2, 0) is 12.8 Å². The molecule has 0 aliphatic carbocycles. The van der Waals surface area contributed by atoms with Crippen molar-refractivity contribution in [1.82, 2.24) is 4.90 Å². The van der Waals surface area contributed by atoms with Gasteiger partial charge in [-0.2, -0.15) is 0 Å². The molecule has 1 rings (SSSR count). The van der Waals surface area contributed by atoms with Crippen molar-refractivity contribution in [3.63, 3.8) is 0 Å². The molecule has 1 nitrogen and oxygen atoms in total. The molecule has 0 aliphatic rings. The van der Waals surface area contributed by atoms with E-state index in [-0.39, 0.29) is 0 Å². The Morgan fingerprint density at radius 3 is 2.31 bits per heavy atom. The Morgan fingerprint density at radius 2 is 1.75 bits per heavy atom. The SMILES string of the molecule is CCc1cc(CCN(CC)CC)ccc1C. The zero-order chi connectivity index (χ0) is 12.0. The third kappa shape index (κ3) is 3.64. The van der Waals surface area contributed by atoms with E-state index < -0.39 is 0 Å². The predicted molar refractivity (Wildman–Crippen MR) is 72.0 cm³/mol. The Labute approximate surface area is 100 Å². The van der Waals surface area contributed by atoms with Crippen LogP contribution in [0.3, 0.4) is 0 Å². The number of rotatable bonds is 6. The summed E-state index contributed by atoms with van der Waals surface area (Å²) in [4.78, 5) is 2.48. The van der Waals surface area contributed by atoms with Gasteiger partial charge in [-0.25, -0.2) is 0 Å². The van der Waals surface area contributed by atoms with Crippen LogP contribution in [0.25, 0.3) is 0 Å². The molecule has 0 heterocycles. The molecule has 0 aliphatic heterocycles. The van der Waals surface area contributed by atoms with Gasteiger partial charge in [-0.1, -0.05) is 39.0 Å². The maximum absolute atomic E-state index is 2.48. The molecule has 0 bridgehead atoms. The lowest BCUT2D eigenvalue weighted by molar-refractivity contribution is 0.308. The van der Waals surface area contributed by atoms with Crippen molar-refractivity contribution < 1.29 is 0 Å². The molecule has 0 amide bonds. The van der Waals surface area contributed by atoms with Gasteiger partial charge in [0.15, 0.2) is 0 Å². The van der Waals surface area contributed by atoms with E-state index in [1.54, 1.807) is 0 Å². The Bertz CT molecular complexity index is 313. The van der Waals surface area contributed by atoms with Gasteiger partial charge in [0.1, 0.15) is 0 Å². The van der Waals surface area contributed by atoms with E-state index in [0.717, 1.165) is 19.5 Å². The third-order valence-electron chi connectivity index (χ3n) is 3.41. The molecular formula is C15H25N. The third-order valence-corrected chi connectivity index (χ3v) is 3.41. The summed E-state index contributed by atoms with van der Waals surface area (Å²) >= 11 is 0. The van der Waals surface area contributed by atoms with Crippen LogP contribution in [0.1, 0.15) is 37.5 Å². The normalized spacial score (nSPS) is 11.1. The standard InChI is InChI=1S/C15H25N/c1-5-15-12-14(9-8-13(15)4)10-11-16(6-2)7-3/h8-9,12H,5-7,10-11H2,1-4H3. The second-order valence-corrected chi connectivity index (χ2v) is 4.39. The summed E-state index contributed by atoms with van der Waals surface area (Å²) in [5.41, 5.74) is 4.40. The van der Waals surface area contributed by atoms with Crippen LogP contribution in [0.5, 0.6) is 0 Å². The quantitative estimate of drug-likeness (QED) is 0.708.